The fraction of sp³-hybridized carbons (Fsp3) is 0. The Morgan fingerprint density at radius 3 is 1.80 bits per heavy atom. The Kier molecular flexibility index (Phi) is 5.12. The second kappa shape index (κ2) is 9.36. The van der Waals surface area contributed by atoms with E-state index in [2.05, 4.69) is 148 Å². The number of hydrogen-bond donors (Lipinski definition) is 0. The number of nitrogens with zero attached hydrogens (tertiary/aromatic N) is 4. The van der Waals surface area contributed by atoms with Crippen LogP contribution < -0.4 is 0 Å². The highest BCUT2D eigenvalue weighted by Crippen LogP contribution is 2.42. The zero-order chi connectivity index (χ0) is 29.5. The maximum Gasteiger partial charge on any atom is 0.143 e. The fourth-order valence-corrected chi connectivity index (χ4v) is 8.14. The topological polar surface area (TPSA) is 35.6 Å². The average Bonchev–Trinajstić information content (AvgIpc) is 3.75. The molecule has 0 radical (unpaired) electrons. The first kappa shape index (κ1) is 24.6. The van der Waals surface area contributed by atoms with E-state index in [0.717, 1.165) is 27.1 Å². The normalized spacial score (nSPS) is 12.0. The van der Waals surface area contributed by atoms with Gasteiger partial charge < -0.3 is 9.13 Å². The van der Waals surface area contributed by atoms with Crippen LogP contribution in [0.25, 0.3) is 86.5 Å². The molecule has 0 aliphatic carbocycles. The van der Waals surface area contributed by atoms with Crippen LogP contribution in [0.4, 0.5) is 0 Å². The van der Waals surface area contributed by atoms with Gasteiger partial charge in [0.1, 0.15) is 10.3 Å². The Morgan fingerprint density at radius 1 is 0.467 bits per heavy atom. The van der Waals surface area contributed by atoms with Gasteiger partial charge in [-0.25, -0.2) is 4.98 Å². The molecule has 10 aromatic rings. The zero-order valence-corrected chi connectivity index (χ0v) is 24.9. The van der Waals surface area contributed by atoms with Gasteiger partial charge in [0.2, 0.25) is 0 Å². The summed E-state index contributed by atoms with van der Waals surface area (Å²) in [6.07, 6.45) is 3.56. The highest BCUT2D eigenvalue weighted by atomic mass is 32.1. The first-order valence-corrected chi connectivity index (χ1v) is 15.9. The molecule has 0 unspecified atom stereocenters. The molecule has 6 aromatic carbocycles. The van der Waals surface area contributed by atoms with E-state index < -0.39 is 0 Å². The molecule has 0 bridgehead atoms. The van der Waals surface area contributed by atoms with Crippen LogP contribution in [0.2, 0.25) is 0 Å². The first-order chi connectivity index (χ1) is 22.3. The lowest BCUT2D eigenvalue weighted by Crippen LogP contribution is -1.98. The molecule has 0 spiro atoms. The Morgan fingerprint density at radius 2 is 1.07 bits per heavy atom. The number of rotatable bonds is 3. The van der Waals surface area contributed by atoms with Crippen molar-refractivity contribution in [2.24, 2.45) is 0 Å². The third kappa shape index (κ3) is 3.53. The lowest BCUT2D eigenvalue weighted by Gasteiger charge is -2.15. The van der Waals surface area contributed by atoms with E-state index in [4.69, 9.17) is 4.98 Å². The highest BCUT2D eigenvalue weighted by molar-refractivity contribution is 7.25. The Labute approximate surface area is 262 Å². The van der Waals surface area contributed by atoms with Crippen molar-refractivity contribution in [3.63, 3.8) is 0 Å². The summed E-state index contributed by atoms with van der Waals surface area (Å²) in [4.78, 5) is 10.3. The molecule has 0 atom stereocenters. The SMILES string of the molecule is c1ccc(-c2cc3c(cc2-n2c4ccccc4c4cc(-n5c6ccccc6c6ccccc65)ccc42)sc2nccnc23)cc1. The molecule has 0 aliphatic rings. The summed E-state index contributed by atoms with van der Waals surface area (Å²) in [5.74, 6) is 0. The summed E-state index contributed by atoms with van der Waals surface area (Å²) in [5.41, 5.74) is 10.4. The zero-order valence-electron chi connectivity index (χ0n) is 24.1. The molecule has 0 aliphatic heterocycles. The van der Waals surface area contributed by atoms with Gasteiger partial charge in [-0.15, -0.1) is 11.3 Å². The maximum atomic E-state index is 4.71. The number of para-hydroxylation sites is 3. The number of fused-ring (bicyclic) bond motifs is 9. The quantitative estimate of drug-likeness (QED) is 0.205. The van der Waals surface area contributed by atoms with Crippen molar-refractivity contribution in [3.8, 4) is 22.5 Å². The minimum absolute atomic E-state index is 0.958. The van der Waals surface area contributed by atoms with Gasteiger partial charge in [0, 0.05) is 55.3 Å². The second-order valence-corrected chi connectivity index (χ2v) is 12.5. The molecule has 0 saturated carbocycles. The lowest BCUT2D eigenvalue weighted by atomic mass is 10.0. The van der Waals surface area contributed by atoms with E-state index in [1.807, 2.05) is 0 Å². The van der Waals surface area contributed by atoms with Gasteiger partial charge in [-0.2, -0.15) is 0 Å². The summed E-state index contributed by atoms with van der Waals surface area (Å²) in [6, 6.07) is 48.4. The van der Waals surface area contributed by atoms with E-state index in [9.17, 15) is 0 Å². The van der Waals surface area contributed by atoms with Crippen molar-refractivity contribution < 1.29 is 0 Å². The van der Waals surface area contributed by atoms with E-state index in [1.165, 1.54) is 59.4 Å². The summed E-state index contributed by atoms with van der Waals surface area (Å²) in [7, 11) is 0. The predicted octanol–water partition coefficient (Wildman–Crippen LogP) is 10.7. The summed E-state index contributed by atoms with van der Waals surface area (Å²) < 4.78 is 6.01. The van der Waals surface area contributed by atoms with Crippen LogP contribution in [-0.4, -0.2) is 19.1 Å². The number of thiophene rings is 1. The van der Waals surface area contributed by atoms with Crippen molar-refractivity contribution in [1.82, 2.24) is 19.1 Å². The average molecular weight is 593 g/mol. The van der Waals surface area contributed by atoms with Gasteiger partial charge in [0.25, 0.3) is 0 Å². The van der Waals surface area contributed by atoms with Crippen LogP contribution >= 0.6 is 11.3 Å². The first-order valence-electron chi connectivity index (χ1n) is 15.1. The summed E-state index contributed by atoms with van der Waals surface area (Å²) in [5, 5.41) is 6.13. The third-order valence-corrected chi connectivity index (χ3v) is 10.1. The number of aromatic nitrogens is 4. The molecule has 4 aromatic heterocycles. The minimum atomic E-state index is 0.958. The van der Waals surface area contributed by atoms with Crippen LogP contribution in [0, 0.1) is 0 Å². The fourth-order valence-electron chi connectivity index (χ4n) is 7.12. The van der Waals surface area contributed by atoms with E-state index in [0.29, 0.717) is 0 Å². The van der Waals surface area contributed by atoms with Crippen LogP contribution in [0.5, 0.6) is 0 Å². The second-order valence-electron chi connectivity index (χ2n) is 11.5. The molecule has 0 N–H and O–H groups in total. The monoisotopic (exact) mass is 592 g/mol. The van der Waals surface area contributed by atoms with Gasteiger partial charge >= 0.3 is 0 Å². The van der Waals surface area contributed by atoms with Crippen LogP contribution in [0.1, 0.15) is 0 Å². The van der Waals surface area contributed by atoms with Crippen LogP contribution in [-0.2, 0) is 0 Å². The molecule has 210 valence electrons. The molecular formula is C40H24N4S. The van der Waals surface area contributed by atoms with Crippen molar-refractivity contribution in [2.75, 3.05) is 0 Å². The van der Waals surface area contributed by atoms with E-state index in [1.54, 1.807) is 23.7 Å². The lowest BCUT2D eigenvalue weighted by molar-refractivity contribution is 1.17. The molecule has 0 amide bonds. The predicted molar refractivity (Wildman–Crippen MR) is 189 cm³/mol. The van der Waals surface area contributed by atoms with E-state index >= 15 is 0 Å². The van der Waals surface area contributed by atoms with E-state index in [-0.39, 0.29) is 0 Å². The van der Waals surface area contributed by atoms with Gasteiger partial charge in [-0.05, 0) is 54.1 Å². The van der Waals surface area contributed by atoms with Crippen LogP contribution in [0.15, 0.2) is 146 Å². The molecule has 4 nitrogen and oxygen atoms in total. The summed E-state index contributed by atoms with van der Waals surface area (Å²) >= 11 is 1.70. The van der Waals surface area contributed by atoms with Crippen LogP contribution in [0.3, 0.4) is 0 Å². The molecule has 0 saturated heterocycles. The molecule has 5 heteroatoms. The van der Waals surface area contributed by atoms with Crippen molar-refractivity contribution in [1.29, 1.82) is 0 Å². The Balaban J connectivity index is 1.30. The van der Waals surface area contributed by atoms with Gasteiger partial charge in [-0.3, -0.25) is 4.98 Å². The maximum absolute atomic E-state index is 4.71. The van der Waals surface area contributed by atoms with Gasteiger partial charge in [0.05, 0.1) is 27.8 Å². The standard InChI is InChI=1S/C40H24N4S/c1-2-10-25(11-3-1)30-23-32-38(45-40-39(32)41-20-21-42-40)24-37(30)44-35-17-9-6-14-29(35)31-22-26(18-19-36(31)44)43-33-15-7-4-12-27(33)28-13-5-8-16-34(28)43/h1-24H. The third-order valence-electron chi connectivity index (χ3n) is 9.04. The van der Waals surface area contributed by atoms with Crippen molar-refractivity contribution in [3.05, 3.63) is 146 Å². The van der Waals surface area contributed by atoms with Gasteiger partial charge in [-0.1, -0.05) is 84.9 Å². The smallest absolute Gasteiger partial charge is 0.143 e. The molecule has 0 fully saturated rings. The van der Waals surface area contributed by atoms with Gasteiger partial charge in [0.15, 0.2) is 0 Å². The summed E-state index contributed by atoms with van der Waals surface area (Å²) in [6.45, 7) is 0. The molecule has 10 rings (SSSR count). The molecular weight excluding hydrogens is 569 g/mol. The number of hydrogen-bond acceptors (Lipinski definition) is 3. The van der Waals surface area contributed by atoms with Crippen molar-refractivity contribution in [2.45, 2.75) is 0 Å². The molecule has 45 heavy (non-hydrogen) atoms. The highest BCUT2D eigenvalue weighted by Gasteiger charge is 2.20. The largest absolute Gasteiger partial charge is 0.309 e. The number of benzene rings is 6. The van der Waals surface area contributed by atoms with Crippen molar-refractivity contribution >= 4 is 75.4 Å². The molecule has 4 heterocycles. The minimum Gasteiger partial charge on any atom is -0.309 e. The Bertz CT molecular complexity index is 2710. The Hall–Kier alpha value is -5.78.